The molecule has 1 heterocycles. The molecule has 1 atom stereocenters. The van der Waals surface area contributed by atoms with Gasteiger partial charge in [-0.05, 0) is 25.1 Å². The van der Waals surface area contributed by atoms with E-state index in [2.05, 4.69) is 17.2 Å². The van der Waals surface area contributed by atoms with Crippen molar-refractivity contribution in [3.05, 3.63) is 28.8 Å². The fraction of sp³-hybridized carbons (Fsp3) is 0.357. The molecule has 1 N–H and O–H groups in total. The number of fused-ring (bicyclic) bond motifs is 1. The molecule has 3 nitrogen and oxygen atoms in total. The van der Waals surface area contributed by atoms with Crippen LogP contribution >= 0.6 is 11.6 Å². The number of nitrogens with one attached hydrogen (secondary N) is 1. The molecule has 0 saturated heterocycles. The molecule has 1 aromatic rings. The van der Waals surface area contributed by atoms with Gasteiger partial charge in [0.1, 0.15) is 6.04 Å². The highest BCUT2D eigenvalue weighted by atomic mass is 35.5. The van der Waals surface area contributed by atoms with Crippen molar-refractivity contribution >= 4 is 23.2 Å². The van der Waals surface area contributed by atoms with Crippen LogP contribution in [0.25, 0.3) is 0 Å². The van der Waals surface area contributed by atoms with Gasteiger partial charge in [-0.3, -0.25) is 9.69 Å². The molecule has 1 aromatic carbocycles. The number of benzene rings is 1. The molecule has 0 saturated carbocycles. The molecule has 0 aromatic heterocycles. The lowest BCUT2D eigenvalue weighted by molar-refractivity contribution is -0.184. The summed E-state index contributed by atoms with van der Waals surface area (Å²) < 4.78 is 40.4. The first-order chi connectivity index (χ1) is 9.82. The normalized spacial score (nSPS) is 19.1. The van der Waals surface area contributed by atoms with Crippen LogP contribution in [0.4, 0.5) is 18.9 Å². The zero-order valence-electron chi connectivity index (χ0n) is 11.1. The van der Waals surface area contributed by atoms with Gasteiger partial charge in [-0.15, -0.1) is 5.92 Å². The van der Waals surface area contributed by atoms with Gasteiger partial charge in [0.05, 0.1) is 13.1 Å². The summed E-state index contributed by atoms with van der Waals surface area (Å²) in [4.78, 5) is 12.8. The van der Waals surface area contributed by atoms with E-state index in [1.54, 1.807) is 0 Å². The monoisotopic (exact) mass is 316 g/mol. The fourth-order valence-corrected chi connectivity index (χ4v) is 2.43. The van der Waals surface area contributed by atoms with Crippen molar-refractivity contribution in [3.8, 4) is 11.8 Å². The SMILES string of the molecule is CC#CCN1CC(=O)Nc2ccc(Cl)cc2C1C(F)(F)F. The molecular weight excluding hydrogens is 305 g/mol. The Balaban J connectivity index is 2.57. The van der Waals surface area contributed by atoms with Crippen molar-refractivity contribution in [1.82, 2.24) is 4.90 Å². The third-order valence-corrected chi connectivity index (χ3v) is 3.30. The topological polar surface area (TPSA) is 32.3 Å². The summed E-state index contributed by atoms with van der Waals surface area (Å²) in [7, 11) is 0. The van der Waals surface area contributed by atoms with Crippen molar-refractivity contribution in [2.75, 3.05) is 18.4 Å². The molecule has 0 aliphatic carbocycles. The average Bonchev–Trinajstić information content (AvgIpc) is 2.50. The van der Waals surface area contributed by atoms with E-state index in [1.807, 2.05) is 0 Å². The molecule has 1 aliphatic rings. The van der Waals surface area contributed by atoms with E-state index in [0.717, 1.165) is 4.90 Å². The largest absolute Gasteiger partial charge is 0.408 e. The minimum Gasteiger partial charge on any atom is -0.325 e. The highest BCUT2D eigenvalue weighted by Gasteiger charge is 2.47. The van der Waals surface area contributed by atoms with Gasteiger partial charge in [0.25, 0.3) is 0 Å². The Kier molecular flexibility index (Phi) is 4.45. The van der Waals surface area contributed by atoms with E-state index in [1.165, 1.54) is 25.1 Å². The fourth-order valence-electron chi connectivity index (χ4n) is 2.25. The molecule has 0 radical (unpaired) electrons. The lowest BCUT2D eigenvalue weighted by Crippen LogP contribution is -2.40. The highest BCUT2D eigenvalue weighted by Crippen LogP contribution is 2.42. The zero-order valence-corrected chi connectivity index (χ0v) is 11.8. The van der Waals surface area contributed by atoms with Crippen LogP contribution < -0.4 is 5.32 Å². The number of nitrogens with zero attached hydrogens (tertiary/aromatic N) is 1. The molecule has 1 unspecified atom stereocenters. The van der Waals surface area contributed by atoms with E-state index in [9.17, 15) is 18.0 Å². The molecule has 0 fully saturated rings. The van der Waals surface area contributed by atoms with Crippen LogP contribution in [0.3, 0.4) is 0 Å². The zero-order chi connectivity index (χ0) is 15.6. The first-order valence-electron chi connectivity index (χ1n) is 6.12. The summed E-state index contributed by atoms with van der Waals surface area (Å²) in [5, 5.41) is 2.65. The smallest absolute Gasteiger partial charge is 0.325 e. The predicted molar refractivity (Wildman–Crippen MR) is 73.9 cm³/mol. The van der Waals surface area contributed by atoms with Crippen molar-refractivity contribution in [2.45, 2.75) is 19.1 Å². The summed E-state index contributed by atoms with van der Waals surface area (Å²) in [6.07, 6.45) is -4.54. The number of amides is 1. The van der Waals surface area contributed by atoms with Crippen LogP contribution in [0.1, 0.15) is 18.5 Å². The molecule has 112 valence electrons. The van der Waals surface area contributed by atoms with Crippen LogP contribution in [0, 0.1) is 11.8 Å². The van der Waals surface area contributed by atoms with Crippen molar-refractivity contribution in [2.24, 2.45) is 0 Å². The van der Waals surface area contributed by atoms with E-state index >= 15 is 0 Å². The molecular formula is C14H12ClF3N2O. The second kappa shape index (κ2) is 5.96. The van der Waals surface area contributed by atoms with Gasteiger partial charge in [-0.1, -0.05) is 17.5 Å². The molecule has 2 rings (SSSR count). The molecule has 1 amide bonds. The Hall–Kier alpha value is -1.71. The van der Waals surface area contributed by atoms with Gasteiger partial charge in [0.15, 0.2) is 0 Å². The Morgan fingerprint density at radius 1 is 1.48 bits per heavy atom. The third-order valence-electron chi connectivity index (χ3n) is 3.06. The molecule has 1 aliphatic heterocycles. The van der Waals surface area contributed by atoms with Crippen molar-refractivity contribution in [3.63, 3.8) is 0 Å². The van der Waals surface area contributed by atoms with Crippen LogP contribution in [-0.4, -0.2) is 30.1 Å². The van der Waals surface area contributed by atoms with E-state index in [-0.39, 0.29) is 29.4 Å². The van der Waals surface area contributed by atoms with Gasteiger partial charge in [0, 0.05) is 16.3 Å². The summed E-state index contributed by atoms with van der Waals surface area (Å²) in [6, 6.07) is 2.12. The van der Waals surface area contributed by atoms with E-state index in [4.69, 9.17) is 11.6 Å². The minimum atomic E-state index is -4.54. The second-order valence-electron chi connectivity index (χ2n) is 4.56. The number of hydrogen-bond acceptors (Lipinski definition) is 2. The maximum Gasteiger partial charge on any atom is 0.408 e. The van der Waals surface area contributed by atoms with Crippen LogP contribution in [-0.2, 0) is 4.79 Å². The maximum absolute atomic E-state index is 13.5. The maximum atomic E-state index is 13.5. The third kappa shape index (κ3) is 3.49. The Morgan fingerprint density at radius 2 is 2.19 bits per heavy atom. The van der Waals surface area contributed by atoms with Crippen molar-refractivity contribution < 1.29 is 18.0 Å². The number of anilines is 1. The van der Waals surface area contributed by atoms with Gasteiger partial charge >= 0.3 is 6.18 Å². The summed E-state index contributed by atoms with van der Waals surface area (Å²) >= 11 is 5.81. The number of carbonyl (C=O) groups is 1. The number of halogens is 4. The van der Waals surface area contributed by atoms with E-state index < -0.39 is 18.1 Å². The quantitative estimate of drug-likeness (QED) is 0.807. The average molecular weight is 317 g/mol. The Morgan fingerprint density at radius 3 is 2.81 bits per heavy atom. The summed E-state index contributed by atoms with van der Waals surface area (Å²) in [5.41, 5.74) is 0.0532. The Labute approximate surface area is 125 Å². The van der Waals surface area contributed by atoms with E-state index in [0.29, 0.717) is 0 Å². The van der Waals surface area contributed by atoms with Gasteiger partial charge in [0.2, 0.25) is 5.91 Å². The highest BCUT2D eigenvalue weighted by molar-refractivity contribution is 6.30. The first-order valence-corrected chi connectivity index (χ1v) is 6.50. The van der Waals surface area contributed by atoms with Crippen molar-refractivity contribution in [1.29, 1.82) is 0 Å². The number of carbonyl (C=O) groups excluding carboxylic acids is 1. The first kappa shape index (κ1) is 15.7. The molecule has 21 heavy (non-hydrogen) atoms. The van der Waals surface area contributed by atoms with Gasteiger partial charge in [-0.25, -0.2) is 0 Å². The molecule has 0 bridgehead atoms. The van der Waals surface area contributed by atoms with Gasteiger partial charge in [-0.2, -0.15) is 13.2 Å². The second-order valence-corrected chi connectivity index (χ2v) is 4.99. The van der Waals surface area contributed by atoms with Gasteiger partial charge < -0.3 is 5.32 Å². The Bertz CT molecular complexity index is 619. The molecule has 0 spiro atoms. The summed E-state index contributed by atoms with van der Waals surface area (Å²) in [6.45, 7) is 0.997. The van der Waals surface area contributed by atoms with Crippen LogP contribution in [0.5, 0.6) is 0 Å². The standard InChI is InChI=1S/C14H12ClF3N2O/c1-2-3-6-20-8-12(21)19-11-5-4-9(15)7-10(11)13(20)14(16,17)18/h4-5,7,13H,6,8H2,1H3,(H,19,21). The lowest BCUT2D eigenvalue weighted by Gasteiger charge is -2.30. The number of hydrogen-bond donors (Lipinski definition) is 1. The molecule has 7 heteroatoms. The van der Waals surface area contributed by atoms with Crippen LogP contribution in [0.2, 0.25) is 5.02 Å². The summed E-state index contributed by atoms with van der Waals surface area (Å²) in [5.74, 6) is 4.61. The lowest BCUT2D eigenvalue weighted by atomic mass is 10.0. The predicted octanol–water partition coefficient (Wildman–Crippen LogP) is 3.22. The van der Waals surface area contributed by atoms with Crippen LogP contribution in [0.15, 0.2) is 18.2 Å². The minimum absolute atomic E-state index is 0.0706. The number of alkyl halides is 3. The number of rotatable bonds is 1.